The van der Waals surface area contributed by atoms with Crippen LogP contribution in [0.2, 0.25) is 0 Å². The van der Waals surface area contributed by atoms with E-state index in [9.17, 15) is 0 Å². The first-order valence-corrected chi connectivity index (χ1v) is 5.98. The summed E-state index contributed by atoms with van der Waals surface area (Å²) in [6.45, 7) is 4.08. The van der Waals surface area contributed by atoms with E-state index in [-0.39, 0.29) is 6.04 Å². The second-order valence-corrected chi connectivity index (χ2v) is 4.54. The van der Waals surface area contributed by atoms with Gasteiger partial charge in [0.1, 0.15) is 11.5 Å². The average molecular weight is 221 g/mol. The summed E-state index contributed by atoms with van der Waals surface area (Å²) < 4.78 is 5.55. The van der Waals surface area contributed by atoms with Crippen molar-refractivity contribution in [2.75, 3.05) is 0 Å². The fourth-order valence-corrected chi connectivity index (χ4v) is 2.67. The van der Waals surface area contributed by atoms with E-state index in [4.69, 9.17) is 10.2 Å². The third kappa shape index (κ3) is 1.98. The molecule has 0 aliphatic heterocycles. The highest BCUT2D eigenvalue weighted by atomic mass is 32.1. The van der Waals surface area contributed by atoms with Gasteiger partial charge < -0.3 is 10.2 Å². The van der Waals surface area contributed by atoms with Gasteiger partial charge in [-0.2, -0.15) is 0 Å². The smallest absolute Gasteiger partial charge is 0.126 e. The van der Waals surface area contributed by atoms with Gasteiger partial charge in [-0.25, -0.2) is 0 Å². The quantitative estimate of drug-likeness (QED) is 0.864. The Morgan fingerprint density at radius 2 is 2.20 bits per heavy atom. The van der Waals surface area contributed by atoms with Gasteiger partial charge in [-0.15, -0.1) is 11.3 Å². The van der Waals surface area contributed by atoms with Crippen molar-refractivity contribution in [2.24, 2.45) is 5.73 Å². The summed E-state index contributed by atoms with van der Waals surface area (Å²) in [5.74, 6) is 1.76. The second-order valence-electron chi connectivity index (χ2n) is 3.59. The lowest BCUT2D eigenvalue weighted by molar-refractivity contribution is 0.467. The van der Waals surface area contributed by atoms with E-state index in [2.05, 4.69) is 18.4 Å². The third-order valence-electron chi connectivity index (χ3n) is 2.51. The van der Waals surface area contributed by atoms with E-state index in [1.54, 1.807) is 11.3 Å². The van der Waals surface area contributed by atoms with E-state index in [1.807, 2.05) is 19.1 Å². The van der Waals surface area contributed by atoms with E-state index in [0.717, 1.165) is 17.9 Å². The largest absolute Gasteiger partial charge is 0.464 e. The van der Waals surface area contributed by atoms with E-state index in [0.29, 0.717) is 0 Å². The number of rotatable bonds is 3. The third-order valence-corrected chi connectivity index (χ3v) is 3.55. The Balaban J connectivity index is 2.31. The van der Waals surface area contributed by atoms with Crippen LogP contribution in [-0.2, 0) is 6.42 Å². The van der Waals surface area contributed by atoms with Gasteiger partial charge in [0.2, 0.25) is 0 Å². The van der Waals surface area contributed by atoms with Crippen molar-refractivity contribution in [3.05, 3.63) is 45.5 Å². The lowest BCUT2D eigenvalue weighted by atomic mass is 10.1. The van der Waals surface area contributed by atoms with Crippen molar-refractivity contribution in [1.29, 1.82) is 0 Å². The minimum Gasteiger partial charge on any atom is -0.464 e. The highest BCUT2D eigenvalue weighted by molar-refractivity contribution is 7.10. The van der Waals surface area contributed by atoms with Gasteiger partial charge >= 0.3 is 0 Å². The Morgan fingerprint density at radius 1 is 1.40 bits per heavy atom. The fourth-order valence-electron chi connectivity index (χ4n) is 1.66. The summed E-state index contributed by atoms with van der Waals surface area (Å²) in [6, 6.07) is 5.93. The number of furan rings is 1. The molecule has 0 spiro atoms. The molecule has 0 aliphatic rings. The van der Waals surface area contributed by atoms with Crippen LogP contribution in [-0.4, -0.2) is 0 Å². The van der Waals surface area contributed by atoms with E-state index in [1.165, 1.54) is 10.4 Å². The zero-order valence-corrected chi connectivity index (χ0v) is 9.80. The molecule has 15 heavy (non-hydrogen) atoms. The number of thiophene rings is 1. The lowest BCUT2D eigenvalue weighted by Crippen LogP contribution is -2.10. The zero-order chi connectivity index (χ0) is 10.8. The molecule has 0 fully saturated rings. The van der Waals surface area contributed by atoms with Crippen LogP contribution in [0.1, 0.15) is 34.9 Å². The van der Waals surface area contributed by atoms with Gasteiger partial charge in [0.25, 0.3) is 0 Å². The molecular weight excluding hydrogens is 206 g/mol. The number of hydrogen-bond acceptors (Lipinski definition) is 3. The van der Waals surface area contributed by atoms with Gasteiger partial charge in [0.05, 0.1) is 6.04 Å². The minimum absolute atomic E-state index is 0.117. The molecule has 2 aromatic heterocycles. The first kappa shape index (κ1) is 10.5. The minimum atomic E-state index is -0.117. The Kier molecular flexibility index (Phi) is 2.93. The molecule has 2 nitrogen and oxygen atoms in total. The molecule has 1 unspecified atom stereocenters. The van der Waals surface area contributed by atoms with Crippen LogP contribution in [0.15, 0.2) is 28.0 Å². The molecule has 0 saturated heterocycles. The summed E-state index contributed by atoms with van der Waals surface area (Å²) in [7, 11) is 0. The Labute approximate surface area is 93.7 Å². The Bertz CT molecular complexity index is 444. The normalized spacial score (nSPS) is 13.0. The van der Waals surface area contributed by atoms with Crippen LogP contribution in [0.3, 0.4) is 0 Å². The molecule has 1 atom stereocenters. The molecule has 3 heteroatoms. The maximum absolute atomic E-state index is 6.17. The van der Waals surface area contributed by atoms with Crippen LogP contribution in [0.4, 0.5) is 0 Å². The topological polar surface area (TPSA) is 39.2 Å². The highest BCUT2D eigenvalue weighted by Crippen LogP contribution is 2.29. The molecule has 0 radical (unpaired) electrons. The van der Waals surface area contributed by atoms with Crippen LogP contribution >= 0.6 is 11.3 Å². The first-order chi connectivity index (χ1) is 7.22. The molecule has 80 valence electrons. The van der Waals surface area contributed by atoms with Crippen molar-refractivity contribution in [1.82, 2.24) is 0 Å². The predicted molar refractivity (Wildman–Crippen MR) is 63.2 cm³/mol. The molecule has 2 heterocycles. The molecule has 0 bridgehead atoms. The second kappa shape index (κ2) is 4.21. The monoisotopic (exact) mass is 221 g/mol. The molecular formula is C12H15NOS. The van der Waals surface area contributed by atoms with Gasteiger partial charge in [-0.3, -0.25) is 0 Å². The van der Waals surface area contributed by atoms with Crippen molar-refractivity contribution in [2.45, 2.75) is 26.3 Å². The van der Waals surface area contributed by atoms with Gasteiger partial charge in [0, 0.05) is 4.88 Å². The summed E-state index contributed by atoms with van der Waals surface area (Å²) in [5.41, 5.74) is 7.49. The van der Waals surface area contributed by atoms with Crippen LogP contribution in [0, 0.1) is 6.92 Å². The number of nitrogens with two attached hydrogens (primary N) is 1. The van der Waals surface area contributed by atoms with Crippen molar-refractivity contribution >= 4 is 11.3 Å². The molecule has 2 rings (SSSR count). The number of aryl methyl sites for hydroxylation is 2. The summed E-state index contributed by atoms with van der Waals surface area (Å²) in [4.78, 5) is 1.21. The maximum atomic E-state index is 6.17. The standard InChI is InChI=1S/C12H15NOS/c1-3-9-6-7-15-12(9)11(13)10-5-4-8(2)14-10/h4-7,11H,3,13H2,1-2H3. The SMILES string of the molecule is CCc1ccsc1C(N)c1ccc(C)o1. The lowest BCUT2D eigenvalue weighted by Gasteiger charge is -2.08. The molecule has 0 aromatic carbocycles. The van der Waals surface area contributed by atoms with Crippen LogP contribution in [0.25, 0.3) is 0 Å². The molecule has 0 aliphatic carbocycles. The summed E-state index contributed by atoms with van der Waals surface area (Å²) in [5, 5.41) is 2.09. The predicted octanol–water partition coefficient (Wildman–Crippen LogP) is 3.26. The fraction of sp³-hybridized carbons (Fsp3) is 0.333. The van der Waals surface area contributed by atoms with Gasteiger partial charge in [-0.1, -0.05) is 6.92 Å². The molecule has 2 aromatic rings. The number of hydrogen-bond donors (Lipinski definition) is 1. The van der Waals surface area contributed by atoms with Crippen molar-refractivity contribution in [3.8, 4) is 0 Å². The molecule has 0 saturated carbocycles. The van der Waals surface area contributed by atoms with Crippen LogP contribution < -0.4 is 5.73 Å². The van der Waals surface area contributed by atoms with E-state index >= 15 is 0 Å². The highest BCUT2D eigenvalue weighted by Gasteiger charge is 2.16. The van der Waals surface area contributed by atoms with E-state index < -0.39 is 0 Å². The Morgan fingerprint density at radius 3 is 2.80 bits per heavy atom. The van der Waals surface area contributed by atoms with Gasteiger partial charge in [0.15, 0.2) is 0 Å². The maximum Gasteiger partial charge on any atom is 0.126 e. The van der Waals surface area contributed by atoms with Crippen molar-refractivity contribution in [3.63, 3.8) is 0 Å². The molecule has 2 N–H and O–H groups in total. The zero-order valence-electron chi connectivity index (χ0n) is 8.99. The Hall–Kier alpha value is -1.06. The van der Waals surface area contributed by atoms with Crippen LogP contribution in [0.5, 0.6) is 0 Å². The summed E-state index contributed by atoms with van der Waals surface area (Å²) in [6.07, 6.45) is 1.02. The first-order valence-electron chi connectivity index (χ1n) is 5.10. The average Bonchev–Trinajstić information content (AvgIpc) is 2.84. The van der Waals surface area contributed by atoms with Crippen molar-refractivity contribution < 1.29 is 4.42 Å². The molecule has 0 amide bonds. The van der Waals surface area contributed by atoms with Gasteiger partial charge in [-0.05, 0) is 42.5 Å². The summed E-state index contributed by atoms with van der Waals surface area (Å²) >= 11 is 1.70.